The van der Waals surface area contributed by atoms with E-state index in [0.717, 1.165) is 25.2 Å². The molecule has 2 nitrogen and oxygen atoms in total. The summed E-state index contributed by atoms with van der Waals surface area (Å²) in [6, 6.07) is 0.779. The molecule has 0 saturated heterocycles. The minimum absolute atomic E-state index is 0.779. The van der Waals surface area contributed by atoms with Crippen LogP contribution in [0.3, 0.4) is 0 Å². The highest BCUT2D eigenvalue weighted by Gasteiger charge is 2.29. The van der Waals surface area contributed by atoms with Crippen LogP contribution in [0.2, 0.25) is 0 Å². The van der Waals surface area contributed by atoms with Gasteiger partial charge in [-0.25, -0.2) is 0 Å². The van der Waals surface area contributed by atoms with Gasteiger partial charge in [-0.15, -0.1) is 0 Å². The van der Waals surface area contributed by atoms with Crippen LogP contribution in [0, 0.1) is 5.92 Å². The molecule has 1 saturated carbocycles. The van der Waals surface area contributed by atoms with E-state index in [2.05, 4.69) is 19.3 Å². The third-order valence-corrected chi connectivity index (χ3v) is 2.82. The van der Waals surface area contributed by atoms with Crippen molar-refractivity contribution in [2.24, 2.45) is 5.92 Å². The predicted molar refractivity (Wildman–Crippen MR) is 55.9 cm³/mol. The van der Waals surface area contributed by atoms with Crippen LogP contribution >= 0.6 is 0 Å². The van der Waals surface area contributed by atoms with Crippen molar-refractivity contribution in [1.29, 1.82) is 0 Å². The zero-order valence-electron chi connectivity index (χ0n) is 9.01. The smallest absolute Gasteiger partial charge is 0.0465 e. The highest BCUT2D eigenvalue weighted by Crippen LogP contribution is 2.34. The average Bonchev–Trinajstić information content (AvgIpc) is 2.95. The van der Waals surface area contributed by atoms with Crippen LogP contribution in [0.5, 0.6) is 0 Å². The van der Waals surface area contributed by atoms with Gasteiger partial charge in [-0.3, -0.25) is 0 Å². The summed E-state index contributed by atoms with van der Waals surface area (Å²) in [7, 11) is 2.09. The maximum atomic E-state index is 5.30. The summed E-state index contributed by atoms with van der Waals surface area (Å²) in [5.74, 6) is 0.983. The lowest BCUT2D eigenvalue weighted by molar-refractivity contribution is 0.142. The number of ether oxygens (including phenoxy) is 1. The summed E-state index contributed by atoms with van der Waals surface area (Å²) in [6.45, 7) is 3.86. The minimum atomic E-state index is 0.779. The second kappa shape index (κ2) is 6.39. The molecule has 0 aliphatic heterocycles. The summed E-state index contributed by atoms with van der Waals surface area (Å²) < 4.78 is 5.30. The van der Waals surface area contributed by atoms with E-state index in [1.165, 1.54) is 32.1 Å². The Hall–Kier alpha value is -0.0800. The molecular weight excluding hydrogens is 162 g/mol. The van der Waals surface area contributed by atoms with E-state index in [9.17, 15) is 0 Å². The second-order valence-corrected chi connectivity index (χ2v) is 3.93. The van der Waals surface area contributed by atoms with Gasteiger partial charge in [0.25, 0.3) is 0 Å². The number of rotatable bonds is 8. The van der Waals surface area contributed by atoms with Crippen molar-refractivity contribution in [2.45, 2.75) is 45.1 Å². The summed E-state index contributed by atoms with van der Waals surface area (Å²) in [5.41, 5.74) is 0. The van der Waals surface area contributed by atoms with Crippen molar-refractivity contribution in [1.82, 2.24) is 5.32 Å². The molecule has 1 atom stereocenters. The minimum Gasteiger partial charge on any atom is -0.382 e. The van der Waals surface area contributed by atoms with Crippen LogP contribution < -0.4 is 5.32 Å². The van der Waals surface area contributed by atoms with Gasteiger partial charge in [0.2, 0.25) is 0 Å². The number of unbranched alkanes of at least 4 members (excludes halogenated alkanes) is 1. The summed E-state index contributed by atoms with van der Waals surface area (Å²) >= 11 is 0. The van der Waals surface area contributed by atoms with Crippen LogP contribution in [0.1, 0.15) is 39.0 Å². The third kappa shape index (κ3) is 4.63. The van der Waals surface area contributed by atoms with E-state index >= 15 is 0 Å². The Bertz CT molecular complexity index is 123. The molecule has 0 aromatic rings. The molecule has 1 unspecified atom stereocenters. The molecule has 0 amide bonds. The van der Waals surface area contributed by atoms with Crippen LogP contribution in [0.25, 0.3) is 0 Å². The highest BCUT2D eigenvalue weighted by atomic mass is 16.5. The lowest BCUT2D eigenvalue weighted by atomic mass is 10.1. The summed E-state index contributed by atoms with van der Waals surface area (Å²) in [4.78, 5) is 0. The molecule has 0 heterocycles. The van der Waals surface area contributed by atoms with Crippen LogP contribution in [-0.2, 0) is 4.74 Å². The van der Waals surface area contributed by atoms with Gasteiger partial charge in [-0.2, -0.15) is 0 Å². The molecule has 1 fully saturated rings. The maximum absolute atomic E-state index is 5.30. The van der Waals surface area contributed by atoms with E-state index in [4.69, 9.17) is 4.74 Å². The van der Waals surface area contributed by atoms with E-state index < -0.39 is 0 Å². The number of hydrogen-bond acceptors (Lipinski definition) is 2. The van der Waals surface area contributed by atoms with E-state index in [-0.39, 0.29) is 0 Å². The Balaban J connectivity index is 1.90. The van der Waals surface area contributed by atoms with Crippen LogP contribution in [-0.4, -0.2) is 26.3 Å². The van der Waals surface area contributed by atoms with E-state index in [1.807, 2.05) is 0 Å². The predicted octanol–water partition coefficient (Wildman–Crippen LogP) is 2.19. The molecule has 1 aliphatic carbocycles. The first kappa shape index (κ1) is 11.0. The quantitative estimate of drug-likeness (QED) is 0.585. The van der Waals surface area contributed by atoms with Gasteiger partial charge in [0.05, 0.1) is 0 Å². The molecule has 0 aromatic heterocycles. The molecule has 0 radical (unpaired) electrons. The van der Waals surface area contributed by atoms with E-state index in [1.54, 1.807) is 0 Å². The van der Waals surface area contributed by atoms with E-state index in [0.29, 0.717) is 0 Å². The Morgan fingerprint density at radius 2 is 2.15 bits per heavy atom. The van der Waals surface area contributed by atoms with Gasteiger partial charge in [-0.05, 0) is 52.0 Å². The summed E-state index contributed by atoms with van der Waals surface area (Å²) in [6.07, 6.45) is 6.74. The van der Waals surface area contributed by atoms with Gasteiger partial charge < -0.3 is 10.1 Å². The molecule has 78 valence electrons. The molecule has 1 aliphatic rings. The molecule has 1 N–H and O–H groups in total. The molecule has 0 aromatic carbocycles. The Morgan fingerprint density at radius 3 is 2.69 bits per heavy atom. The highest BCUT2D eigenvalue weighted by molar-refractivity contribution is 4.85. The standard InChI is InChI=1S/C11H23NO/c1-3-13-9-5-4-6-11(12-2)10-7-8-10/h10-12H,3-9H2,1-2H3. The lowest BCUT2D eigenvalue weighted by Gasteiger charge is -2.14. The first-order valence-corrected chi connectivity index (χ1v) is 5.63. The average molecular weight is 185 g/mol. The molecule has 0 bridgehead atoms. The van der Waals surface area contributed by atoms with Crippen molar-refractivity contribution in [3.8, 4) is 0 Å². The van der Waals surface area contributed by atoms with Crippen molar-refractivity contribution in [2.75, 3.05) is 20.3 Å². The zero-order valence-corrected chi connectivity index (χ0v) is 9.01. The van der Waals surface area contributed by atoms with Gasteiger partial charge in [0, 0.05) is 19.3 Å². The van der Waals surface area contributed by atoms with Crippen molar-refractivity contribution in [3.63, 3.8) is 0 Å². The monoisotopic (exact) mass is 185 g/mol. The zero-order chi connectivity index (χ0) is 9.52. The maximum Gasteiger partial charge on any atom is 0.0465 e. The van der Waals surface area contributed by atoms with Gasteiger partial charge >= 0.3 is 0 Å². The van der Waals surface area contributed by atoms with Gasteiger partial charge in [0.15, 0.2) is 0 Å². The Labute approximate surface area is 82.0 Å². The molecule has 13 heavy (non-hydrogen) atoms. The number of nitrogens with one attached hydrogen (secondary N) is 1. The lowest BCUT2D eigenvalue weighted by Crippen LogP contribution is -2.27. The van der Waals surface area contributed by atoms with Gasteiger partial charge in [-0.1, -0.05) is 0 Å². The molecular formula is C11H23NO. The molecule has 1 rings (SSSR count). The second-order valence-electron chi connectivity index (χ2n) is 3.93. The van der Waals surface area contributed by atoms with Gasteiger partial charge in [0.1, 0.15) is 0 Å². The first-order valence-electron chi connectivity index (χ1n) is 5.63. The molecule has 0 spiro atoms. The Morgan fingerprint density at radius 1 is 1.38 bits per heavy atom. The Kier molecular flexibility index (Phi) is 5.40. The fourth-order valence-electron chi connectivity index (χ4n) is 1.83. The number of hydrogen-bond donors (Lipinski definition) is 1. The van der Waals surface area contributed by atoms with Crippen molar-refractivity contribution in [3.05, 3.63) is 0 Å². The van der Waals surface area contributed by atoms with Crippen LogP contribution in [0.4, 0.5) is 0 Å². The normalized spacial score (nSPS) is 18.9. The van der Waals surface area contributed by atoms with Crippen LogP contribution in [0.15, 0.2) is 0 Å². The fraction of sp³-hybridized carbons (Fsp3) is 1.00. The first-order chi connectivity index (χ1) is 6.38. The molecule has 2 heteroatoms. The van der Waals surface area contributed by atoms with Crippen molar-refractivity contribution < 1.29 is 4.74 Å². The fourth-order valence-corrected chi connectivity index (χ4v) is 1.83. The third-order valence-electron chi connectivity index (χ3n) is 2.82. The summed E-state index contributed by atoms with van der Waals surface area (Å²) in [5, 5.41) is 3.41. The van der Waals surface area contributed by atoms with Crippen molar-refractivity contribution >= 4 is 0 Å². The SMILES string of the molecule is CCOCCCCC(NC)C1CC1. The topological polar surface area (TPSA) is 21.3 Å². The largest absolute Gasteiger partial charge is 0.382 e.